The van der Waals surface area contributed by atoms with Crippen LogP contribution in [0.4, 0.5) is 0 Å². The molecule has 1 aliphatic rings. The minimum Gasteiger partial charge on any atom is -0.381 e. The minimum atomic E-state index is -3.24. The average molecular weight is 270 g/mol. The molecule has 0 amide bonds. The molecule has 0 spiro atoms. The van der Waals surface area contributed by atoms with Crippen LogP contribution in [0.25, 0.3) is 0 Å². The Balaban J connectivity index is 2.53. The quantitative estimate of drug-likeness (QED) is 0.707. The Kier molecular flexibility index (Phi) is 5.50. The number of ether oxygens (including phenoxy) is 1. The Labute approximate surface area is 103 Å². The fourth-order valence-electron chi connectivity index (χ4n) is 1.81. The first-order valence-electron chi connectivity index (χ1n) is 5.57. The molecule has 1 rings (SSSR count). The van der Waals surface area contributed by atoms with Crippen molar-refractivity contribution in [3.8, 4) is 0 Å². The van der Waals surface area contributed by atoms with Gasteiger partial charge < -0.3 is 4.74 Å². The van der Waals surface area contributed by atoms with Crippen LogP contribution in [-0.2, 0) is 14.8 Å². The molecular weight excluding hydrogens is 250 g/mol. The van der Waals surface area contributed by atoms with Crippen molar-refractivity contribution >= 4 is 21.6 Å². The maximum absolute atomic E-state index is 11.9. The summed E-state index contributed by atoms with van der Waals surface area (Å²) in [5.74, 6) is 0.449. The topological polar surface area (TPSA) is 46.6 Å². The van der Waals surface area contributed by atoms with Gasteiger partial charge in [0.25, 0.3) is 0 Å². The lowest BCUT2D eigenvalue weighted by Crippen LogP contribution is -2.40. The predicted molar refractivity (Wildman–Crippen MR) is 65.3 cm³/mol. The lowest BCUT2D eigenvalue weighted by molar-refractivity contribution is 0.0495. The molecule has 1 aliphatic heterocycles. The van der Waals surface area contributed by atoms with Gasteiger partial charge in [0, 0.05) is 26.1 Å². The first-order chi connectivity index (χ1) is 7.48. The van der Waals surface area contributed by atoms with E-state index in [1.807, 2.05) is 0 Å². The van der Waals surface area contributed by atoms with Crippen LogP contribution in [0.5, 0.6) is 0 Å². The van der Waals surface area contributed by atoms with Crippen molar-refractivity contribution < 1.29 is 13.2 Å². The monoisotopic (exact) mass is 269 g/mol. The zero-order valence-electron chi connectivity index (χ0n) is 9.86. The predicted octanol–water partition coefficient (Wildman–Crippen LogP) is 1.30. The van der Waals surface area contributed by atoms with Crippen LogP contribution in [-0.4, -0.2) is 50.7 Å². The van der Waals surface area contributed by atoms with E-state index in [0.717, 1.165) is 19.4 Å². The Bertz CT molecular complexity index is 301. The number of rotatable bonds is 5. The molecule has 0 bridgehead atoms. The molecule has 4 nitrogen and oxygen atoms in total. The number of alkyl halides is 1. The third-order valence-corrected chi connectivity index (χ3v) is 5.78. The molecule has 1 heterocycles. The number of hydrogen-bond acceptors (Lipinski definition) is 3. The highest BCUT2D eigenvalue weighted by Crippen LogP contribution is 2.17. The van der Waals surface area contributed by atoms with Gasteiger partial charge in [-0.05, 0) is 25.7 Å². The molecular formula is C10H20ClNO3S. The van der Waals surface area contributed by atoms with Gasteiger partial charge in [-0.3, -0.25) is 0 Å². The molecule has 0 saturated carbocycles. The number of halogens is 1. The van der Waals surface area contributed by atoms with E-state index in [1.54, 1.807) is 14.0 Å². The van der Waals surface area contributed by atoms with Gasteiger partial charge in [0.1, 0.15) is 0 Å². The highest BCUT2D eigenvalue weighted by molar-refractivity contribution is 7.89. The number of nitrogens with zero attached hydrogens (tertiary/aromatic N) is 1. The fourth-order valence-corrected chi connectivity index (χ4v) is 3.48. The van der Waals surface area contributed by atoms with Gasteiger partial charge in [0.2, 0.25) is 10.0 Å². The van der Waals surface area contributed by atoms with Crippen molar-refractivity contribution in [1.82, 2.24) is 4.31 Å². The molecule has 1 fully saturated rings. The van der Waals surface area contributed by atoms with Gasteiger partial charge in [-0.25, -0.2) is 12.7 Å². The molecule has 1 saturated heterocycles. The highest BCUT2D eigenvalue weighted by Gasteiger charge is 2.27. The third-order valence-electron chi connectivity index (χ3n) is 2.93. The molecule has 0 aromatic carbocycles. The summed E-state index contributed by atoms with van der Waals surface area (Å²) in [6.45, 7) is 3.62. The molecule has 6 heteroatoms. The van der Waals surface area contributed by atoms with E-state index < -0.39 is 15.3 Å². The first-order valence-corrected chi connectivity index (χ1v) is 7.61. The standard InChI is InChI=1S/C10H20ClNO3S/c1-9(6-11)16(13,14)12(2)7-10-4-3-5-15-8-10/h9-10H,3-8H2,1-2H3. The van der Waals surface area contributed by atoms with Crippen LogP contribution < -0.4 is 0 Å². The lowest BCUT2D eigenvalue weighted by atomic mass is 10.0. The molecule has 2 atom stereocenters. The summed E-state index contributed by atoms with van der Waals surface area (Å²) in [5, 5.41) is -0.524. The van der Waals surface area contributed by atoms with Crippen LogP contribution in [0, 0.1) is 5.92 Å². The van der Waals surface area contributed by atoms with Gasteiger partial charge in [0.05, 0.1) is 11.9 Å². The molecule has 96 valence electrons. The number of sulfonamides is 1. The summed E-state index contributed by atoms with van der Waals surface area (Å²) >= 11 is 5.59. The van der Waals surface area contributed by atoms with Crippen molar-refractivity contribution in [2.24, 2.45) is 5.92 Å². The van der Waals surface area contributed by atoms with Crippen LogP contribution in [0.2, 0.25) is 0 Å². The Hall–Kier alpha value is 0.160. The molecule has 0 radical (unpaired) electrons. The summed E-state index contributed by atoms with van der Waals surface area (Å²) < 4.78 is 30.6. The van der Waals surface area contributed by atoms with E-state index in [2.05, 4.69) is 0 Å². The average Bonchev–Trinajstić information content (AvgIpc) is 2.29. The Morgan fingerprint density at radius 1 is 1.56 bits per heavy atom. The molecule has 16 heavy (non-hydrogen) atoms. The van der Waals surface area contributed by atoms with Crippen molar-refractivity contribution in [2.75, 3.05) is 32.7 Å². The van der Waals surface area contributed by atoms with Gasteiger partial charge >= 0.3 is 0 Å². The third kappa shape index (κ3) is 3.58. The van der Waals surface area contributed by atoms with Crippen molar-refractivity contribution in [2.45, 2.75) is 25.0 Å². The van der Waals surface area contributed by atoms with Crippen LogP contribution in [0.3, 0.4) is 0 Å². The summed E-state index contributed by atoms with van der Waals surface area (Å²) in [7, 11) is -1.62. The second kappa shape index (κ2) is 6.19. The van der Waals surface area contributed by atoms with Gasteiger partial charge in [-0.1, -0.05) is 0 Å². The molecule has 0 N–H and O–H groups in total. The molecule has 0 aliphatic carbocycles. The molecule has 0 aromatic rings. The largest absolute Gasteiger partial charge is 0.381 e. The smallest absolute Gasteiger partial charge is 0.217 e. The van der Waals surface area contributed by atoms with Crippen molar-refractivity contribution in [1.29, 1.82) is 0 Å². The first kappa shape index (κ1) is 14.2. The van der Waals surface area contributed by atoms with E-state index in [-0.39, 0.29) is 5.88 Å². The van der Waals surface area contributed by atoms with E-state index in [4.69, 9.17) is 16.3 Å². The number of hydrogen-bond donors (Lipinski definition) is 0. The van der Waals surface area contributed by atoms with E-state index in [1.165, 1.54) is 4.31 Å². The normalized spacial score (nSPS) is 24.6. The molecule has 2 unspecified atom stereocenters. The van der Waals surface area contributed by atoms with E-state index in [9.17, 15) is 8.42 Å². The zero-order valence-corrected chi connectivity index (χ0v) is 11.4. The van der Waals surface area contributed by atoms with Crippen LogP contribution >= 0.6 is 11.6 Å². The van der Waals surface area contributed by atoms with Crippen molar-refractivity contribution in [3.63, 3.8) is 0 Å². The van der Waals surface area contributed by atoms with E-state index in [0.29, 0.717) is 19.1 Å². The SMILES string of the molecule is CC(CCl)S(=O)(=O)N(C)CC1CCCOC1. The fraction of sp³-hybridized carbons (Fsp3) is 1.00. The van der Waals surface area contributed by atoms with Crippen LogP contribution in [0.15, 0.2) is 0 Å². The molecule has 0 aromatic heterocycles. The second-order valence-corrected chi connectivity index (χ2v) is 7.14. The maximum atomic E-state index is 11.9. The van der Waals surface area contributed by atoms with Gasteiger partial charge in [-0.2, -0.15) is 0 Å². The minimum absolute atomic E-state index is 0.133. The van der Waals surface area contributed by atoms with Gasteiger partial charge in [-0.15, -0.1) is 11.6 Å². The zero-order chi connectivity index (χ0) is 12.2. The second-order valence-electron chi connectivity index (χ2n) is 4.37. The summed E-state index contributed by atoms with van der Waals surface area (Å²) in [6.07, 6.45) is 2.05. The highest BCUT2D eigenvalue weighted by atomic mass is 35.5. The summed E-state index contributed by atoms with van der Waals surface area (Å²) in [4.78, 5) is 0. The summed E-state index contributed by atoms with van der Waals surface area (Å²) in [6, 6.07) is 0. The van der Waals surface area contributed by atoms with E-state index >= 15 is 0 Å². The van der Waals surface area contributed by atoms with Gasteiger partial charge in [0.15, 0.2) is 0 Å². The Morgan fingerprint density at radius 3 is 2.75 bits per heavy atom. The lowest BCUT2D eigenvalue weighted by Gasteiger charge is -2.28. The van der Waals surface area contributed by atoms with Crippen LogP contribution in [0.1, 0.15) is 19.8 Å². The Morgan fingerprint density at radius 2 is 2.25 bits per heavy atom. The maximum Gasteiger partial charge on any atom is 0.217 e. The van der Waals surface area contributed by atoms with Crippen molar-refractivity contribution in [3.05, 3.63) is 0 Å². The summed E-state index contributed by atoms with van der Waals surface area (Å²) in [5.41, 5.74) is 0.